The second-order valence-electron chi connectivity index (χ2n) is 6.83. The van der Waals surface area contributed by atoms with Crippen molar-refractivity contribution in [1.29, 1.82) is 0 Å². The molecule has 7 heteroatoms. The van der Waals surface area contributed by atoms with Crippen molar-refractivity contribution in [2.24, 2.45) is 0 Å². The number of hydrogen-bond donors (Lipinski definition) is 2. The normalized spacial score (nSPS) is 10.5. The van der Waals surface area contributed by atoms with E-state index in [-0.39, 0.29) is 0 Å². The molecule has 7 nitrogen and oxygen atoms in total. The van der Waals surface area contributed by atoms with E-state index in [1.54, 1.807) is 0 Å². The van der Waals surface area contributed by atoms with Crippen LogP contribution >= 0.6 is 0 Å². The van der Waals surface area contributed by atoms with Crippen molar-refractivity contribution in [3.05, 3.63) is 29.8 Å². The summed E-state index contributed by atoms with van der Waals surface area (Å²) in [6.07, 6.45) is 1.95. The molecule has 164 valence electrons. The van der Waals surface area contributed by atoms with Gasteiger partial charge in [-0.3, -0.25) is 0 Å². The van der Waals surface area contributed by atoms with Crippen LogP contribution in [0, 0.1) is 0 Å². The third-order valence-electron chi connectivity index (χ3n) is 4.39. The van der Waals surface area contributed by atoms with Gasteiger partial charge in [-0.25, -0.2) is 9.59 Å². The number of carbonyl (C=O) groups excluding carboxylic acids is 2. The van der Waals surface area contributed by atoms with Crippen LogP contribution in [0.4, 0.5) is 9.59 Å². The molecule has 2 rings (SSSR count). The van der Waals surface area contributed by atoms with E-state index >= 15 is 0 Å². The Kier molecular flexibility index (Phi) is 9.25. The van der Waals surface area contributed by atoms with Gasteiger partial charge in [0.2, 0.25) is 0 Å². The first-order valence-corrected chi connectivity index (χ1v) is 10.7. The van der Waals surface area contributed by atoms with Crippen molar-refractivity contribution in [1.82, 2.24) is 10.6 Å². The summed E-state index contributed by atoms with van der Waals surface area (Å²) in [6, 6.07) is 7.38. The Hall–Kier alpha value is -2.96. The summed E-state index contributed by atoms with van der Waals surface area (Å²) in [4.78, 5) is 24.7. The van der Waals surface area contributed by atoms with E-state index in [1.807, 2.05) is 52.0 Å². The Balaban J connectivity index is 2.64. The van der Waals surface area contributed by atoms with Crippen molar-refractivity contribution in [3.63, 3.8) is 0 Å². The maximum Gasteiger partial charge on any atom is 0.412 e. The quantitative estimate of drug-likeness (QED) is 0.557. The average Bonchev–Trinajstić information content (AvgIpc) is 2.75. The lowest BCUT2D eigenvalue weighted by atomic mass is 9.99. The highest BCUT2D eigenvalue weighted by Crippen LogP contribution is 2.46. The number of ether oxygens (including phenoxy) is 3. The molecule has 0 aliphatic rings. The van der Waals surface area contributed by atoms with Crippen molar-refractivity contribution in [2.45, 2.75) is 53.4 Å². The molecule has 0 radical (unpaired) electrons. The Bertz CT molecular complexity index is 796. The predicted molar refractivity (Wildman–Crippen MR) is 118 cm³/mol. The maximum atomic E-state index is 12.4. The highest BCUT2D eigenvalue weighted by atomic mass is 16.6. The SMILES string of the molecule is CCCNC(=O)Oc1c(CCC)c(OCC)c(OC(=O)NCCC)c2ccccc12. The molecule has 2 aromatic rings. The lowest BCUT2D eigenvalue weighted by Crippen LogP contribution is -2.28. The fourth-order valence-electron chi connectivity index (χ4n) is 3.11. The van der Waals surface area contributed by atoms with Gasteiger partial charge in [0.1, 0.15) is 5.75 Å². The Morgan fingerprint density at radius 3 is 1.80 bits per heavy atom. The van der Waals surface area contributed by atoms with Gasteiger partial charge in [-0.2, -0.15) is 0 Å². The van der Waals surface area contributed by atoms with Crippen LogP contribution in [0.1, 0.15) is 52.5 Å². The summed E-state index contributed by atoms with van der Waals surface area (Å²) in [6.45, 7) is 9.25. The zero-order valence-electron chi connectivity index (χ0n) is 18.3. The van der Waals surface area contributed by atoms with Gasteiger partial charge < -0.3 is 24.8 Å². The monoisotopic (exact) mass is 416 g/mol. The van der Waals surface area contributed by atoms with E-state index < -0.39 is 12.2 Å². The average molecular weight is 417 g/mol. The number of fused-ring (bicyclic) bond motifs is 1. The number of rotatable bonds is 10. The van der Waals surface area contributed by atoms with Gasteiger partial charge >= 0.3 is 12.2 Å². The molecule has 0 unspecified atom stereocenters. The van der Waals surface area contributed by atoms with Crippen molar-refractivity contribution in [3.8, 4) is 17.2 Å². The first kappa shape index (κ1) is 23.3. The van der Waals surface area contributed by atoms with Crippen LogP contribution in [-0.2, 0) is 6.42 Å². The van der Waals surface area contributed by atoms with E-state index in [0.29, 0.717) is 59.7 Å². The minimum Gasteiger partial charge on any atom is -0.489 e. The first-order valence-electron chi connectivity index (χ1n) is 10.7. The fraction of sp³-hybridized carbons (Fsp3) is 0.478. The smallest absolute Gasteiger partial charge is 0.412 e. The molecule has 0 aliphatic carbocycles. The zero-order chi connectivity index (χ0) is 21.9. The van der Waals surface area contributed by atoms with E-state index in [9.17, 15) is 9.59 Å². The van der Waals surface area contributed by atoms with Crippen LogP contribution in [0.15, 0.2) is 24.3 Å². The third-order valence-corrected chi connectivity index (χ3v) is 4.39. The van der Waals surface area contributed by atoms with Gasteiger partial charge in [0, 0.05) is 29.4 Å². The summed E-state index contributed by atoms with van der Waals surface area (Å²) >= 11 is 0. The van der Waals surface area contributed by atoms with Crippen LogP contribution in [0.25, 0.3) is 10.8 Å². The second kappa shape index (κ2) is 11.9. The molecule has 0 spiro atoms. The molecule has 2 N–H and O–H groups in total. The Labute approximate surface area is 178 Å². The molecule has 0 heterocycles. The standard InChI is InChI=1S/C23H32N2O5/c1-5-11-18-19(29-22(26)24-14-6-2)16-12-9-10-13-17(16)21(20(18)28-8-4)30-23(27)25-15-7-3/h9-10,12-13H,5-8,11,14-15H2,1-4H3,(H,24,26)(H,25,27). The number of carbonyl (C=O) groups is 2. The van der Waals surface area contributed by atoms with Gasteiger partial charge in [-0.15, -0.1) is 0 Å². The molecular weight excluding hydrogens is 384 g/mol. The number of nitrogens with one attached hydrogen (secondary N) is 2. The van der Waals surface area contributed by atoms with Crippen LogP contribution in [0.3, 0.4) is 0 Å². The molecule has 0 saturated heterocycles. The largest absolute Gasteiger partial charge is 0.489 e. The molecule has 0 atom stereocenters. The van der Waals surface area contributed by atoms with E-state index in [4.69, 9.17) is 14.2 Å². The summed E-state index contributed by atoms with van der Waals surface area (Å²) in [5.41, 5.74) is 0.711. The summed E-state index contributed by atoms with van der Waals surface area (Å²) in [5.74, 6) is 1.21. The first-order chi connectivity index (χ1) is 14.6. The van der Waals surface area contributed by atoms with Crippen LogP contribution in [-0.4, -0.2) is 31.9 Å². The third kappa shape index (κ3) is 5.78. The fourth-order valence-corrected chi connectivity index (χ4v) is 3.11. The van der Waals surface area contributed by atoms with Crippen LogP contribution in [0.2, 0.25) is 0 Å². The molecule has 2 aromatic carbocycles. The number of amides is 2. The second-order valence-corrected chi connectivity index (χ2v) is 6.83. The molecule has 0 saturated carbocycles. The van der Waals surface area contributed by atoms with E-state index in [1.165, 1.54) is 0 Å². The molecule has 0 fully saturated rings. The van der Waals surface area contributed by atoms with Crippen LogP contribution in [0.5, 0.6) is 17.2 Å². The molecule has 2 amide bonds. The van der Waals surface area contributed by atoms with Crippen LogP contribution < -0.4 is 24.8 Å². The molecule has 0 aromatic heterocycles. The summed E-state index contributed by atoms with van der Waals surface area (Å²) in [5, 5.41) is 6.80. The highest BCUT2D eigenvalue weighted by molar-refractivity contribution is 5.99. The van der Waals surface area contributed by atoms with E-state index in [2.05, 4.69) is 10.6 Å². The maximum absolute atomic E-state index is 12.4. The molecule has 30 heavy (non-hydrogen) atoms. The molecule has 0 bridgehead atoms. The topological polar surface area (TPSA) is 85.9 Å². The van der Waals surface area contributed by atoms with Gasteiger partial charge in [0.05, 0.1) is 6.61 Å². The Morgan fingerprint density at radius 1 is 0.767 bits per heavy atom. The van der Waals surface area contributed by atoms with Crippen molar-refractivity contribution < 1.29 is 23.8 Å². The number of hydrogen-bond acceptors (Lipinski definition) is 5. The zero-order valence-corrected chi connectivity index (χ0v) is 18.3. The Morgan fingerprint density at radius 2 is 1.30 bits per heavy atom. The highest BCUT2D eigenvalue weighted by Gasteiger charge is 2.25. The minimum atomic E-state index is -0.542. The predicted octanol–water partition coefficient (Wildman–Crippen LogP) is 5.19. The van der Waals surface area contributed by atoms with Crippen molar-refractivity contribution in [2.75, 3.05) is 19.7 Å². The van der Waals surface area contributed by atoms with E-state index in [0.717, 1.165) is 19.3 Å². The van der Waals surface area contributed by atoms with Gasteiger partial charge in [-0.1, -0.05) is 51.5 Å². The summed E-state index contributed by atoms with van der Waals surface area (Å²) < 4.78 is 17.4. The van der Waals surface area contributed by atoms with Gasteiger partial charge in [-0.05, 0) is 26.2 Å². The number of benzene rings is 2. The van der Waals surface area contributed by atoms with Crippen molar-refractivity contribution >= 4 is 23.0 Å². The summed E-state index contributed by atoms with van der Waals surface area (Å²) in [7, 11) is 0. The lowest BCUT2D eigenvalue weighted by Gasteiger charge is -2.21. The van der Waals surface area contributed by atoms with Gasteiger partial charge in [0.15, 0.2) is 11.5 Å². The minimum absolute atomic E-state index is 0.339. The lowest BCUT2D eigenvalue weighted by molar-refractivity contribution is 0.195. The van der Waals surface area contributed by atoms with Gasteiger partial charge in [0.25, 0.3) is 0 Å². The molecular formula is C23H32N2O5. The molecule has 0 aliphatic heterocycles.